The number of phosphoric ester groups is 2. The Morgan fingerprint density at radius 1 is 0.312 bits per heavy atom. The Bertz CT molecular complexity index is 1820. The lowest BCUT2D eigenvalue weighted by molar-refractivity contribution is -0.161. The van der Waals surface area contributed by atoms with Crippen LogP contribution in [-0.4, -0.2) is 96.7 Å². The molecule has 93 heavy (non-hydrogen) atoms. The van der Waals surface area contributed by atoms with Gasteiger partial charge in [-0.1, -0.05) is 325 Å². The van der Waals surface area contributed by atoms with Gasteiger partial charge >= 0.3 is 39.5 Å². The summed E-state index contributed by atoms with van der Waals surface area (Å²) in [5, 5.41) is 10.6. The third-order valence-corrected chi connectivity index (χ3v) is 19.4. The summed E-state index contributed by atoms with van der Waals surface area (Å²) in [6.07, 6.45) is 50.2. The molecule has 0 rings (SSSR count). The second kappa shape index (κ2) is 64.7. The third kappa shape index (κ3) is 67.0. The molecule has 0 fully saturated rings. The molecule has 0 aromatic carbocycles. The first kappa shape index (κ1) is 91.1. The first-order valence-corrected chi connectivity index (χ1v) is 41.4. The third-order valence-electron chi connectivity index (χ3n) is 17.5. The molecule has 17 nitrogen and oxygen atoms in total. The number of carbonyl (C=O) groups excluding carboxylic acids is 4. The van der Waals surface area contributed by atoms with Crippen molar-refractivity contribution in [2.45, 2.75) is 394 Å². The molecule has 0 heterocycles. The highest BCUT2D eigenvalue weighted by Gasteiger charge is 2.30. The molecule has 3 unspecified atom stereocenters. The zero-order valence-electron chi connectivity index (χ0n) is 60.7. The summed E-state index contributed by atoms with van der Waals surface area (Å²) in [7, 11) is -9.90. The van der Waals surface area contributed by atoms with Crippen molar-refractivity contribution >= 4 is 39.5 Å². The van der Waals surface area contributed by atoms with E-state index in [-0.39, 0.29) is 25.7 Å². The number of ether oxygens (including phenoxy) is 4. The van der Waals surface area contributed by atoms with Gasteiger partial charge in [0, 0.05) is 25.7 Å². The minimum Gasteiger partial charge on any atom is -0.462 e. The van der Waals surface area contributed by atoms with E-state index in [4.69, 9.17) is 37.0 Å². The molecule has 0 aromatic heterocycles. The van der Waals surface area contributed by atoms with Crippen LogP contribution in [0.2, 0.25) is 0 Å². The fraction of sp³-hybridized carbons (Fsp3) is 0.946. The molecule has 0 bridgehead atoms. The zero-order chi connectivity index (χ0) is 68.7. The van der Waals surface area contributed by atoms with E-state index in [1.807, 2.05) is 0 Å². The lowest BCUT2D eigenvalue weighted by atomic mass is 9.99. The summed E-state index contributed by atoms with van der Waals surface area (Å²) in [5.41, 5.74) is 0. The molecule has 0 saturated carbocycles. The van der Waals surface area contributed by atoms with Crippen LogP contribution in [0.25, 0.3) is 0 Å². The zero-order valence-corrected chi connectivity index (χ0v) is 62.5. The van der Waals surface area contributed by atoms with Gasteiger partial charge in [-0.25, -0.2) is 9.13 Å². The number of hydrogen-bond acceptors (Lipinski definition) is 15. The maximum absolute atomic E-state index is 13.1. The fourth-order valence-corrected chi connectivity index (χ4v) is 12.8. The van der Waals surface area contributed by atoms with Crippen LogP contribution in [-0.2, 0) is 65.4 Å². The van der Waals surface area contributed by atoms with Gasteiger partial charge in [0.15, 0.2) is 12.2 Å². The van der Waals surface area contributed by atoms with E-state index in [1.54, 1.807) is 0 Å². The Kier molecular flexibility index (Phi) is 63.4. The fourth-order valence-electron chi connectivity index (χ4n) is 11.2. The topological polar surface area (TPSA) is 237 Å². The maximum Gasteiger partial charge on any atom is 0.472 e. The van der Waals surface area contributed by atoms with Crippen molar-refractivity contribution < 1.29 is 80.2 Å². The first-order chi connectivity index (χ1) is 44.8. The second-order valence-corrected chi connectivity index (χ2v) is 30.8. The number of carbonyl (C=O) groups is 4. The highest BCUT2D eigenvalue weighted by Crippen LogP contribution is 2.45. The molecule has 6 atom stereocenters. The van der Waals surface area contributed by atoms with E-state index in [9.17, 15) is 43.2 Å². The Morgan fingerprint density at radius 2 is 0.548 bits per heavy atom. The quantitative estimate of drug-likeness (QED) is 0.0222. The van der Waals surface area contributed by atoms with Crippen molar-refractivity contribution in [1.82, 2.24) is 0 Å². The van der Waals surface area contributed by atoms with E-state index < -0.39 is 97.5 Å². The number of aliphatic hydroxyl groups is 1. The molecule has 0 amide bonds. The van der Waals surface area contributed by atoms with Crippen molar-refractivity contribution in [2.75, 3.05) is 39.6 Å². The monoisotopic (exact) mass is 1370 g/mol. The Hall–Kier alpha value is -1.94. The molecule has 0 radical (unpaired) electrons. The van der Waals surface area contributed by atoms with Crippen LogP contribution in [0.4, 0.5) is 0 Å². The number of aliphatic hydroxyl groups excluding tert-OH is 1. The highest BCUT2D eigenvalue weighted by atomic mass is 31.2. The van der Waals surface area contributed by atoms with E-state index in [2.05, 4.69) is 48.5 Å². The smallest absolute Gasteiger partial charge is 0.462 e. The lowest BCUT2D eigenvalue weighted by Crippen LogP contribution is -2.30. The molecule has 0 spiro atoms. The molecule has 3 N–H and O–H groups in total. The average Bonchev–Trinajstić information content (AvgIpc) is 3.30. The minimum atomic E-state index is -4.95. The molecule has 0 aliphatic heterocycles. The molecule has 0 aromatic rings. The summed E-state index contributed by atoms with van der Waals surface area (Å²) >= 11 is 0. The summed E-state index contributed by atoms with van der Waals surface area (Å²) in [6.45, 7) is 11.9. The van der Waals surface area contributed by atoms with Crippen molar-refractivity contribution in [1.29, 1.82) is 0 Å². The van der Waals surface area contributed by atoms with Crippen molar-refractivity contribution in [3.05, 3.63) is 0 Å². The van der Waals surface area contributed by atoms with Crippen LogP contribution in [0.5, 0.6) is 0 Å². The molecule has 0 saturated heterocycles. The number of hydrogen-bond donors (Lipinski definition) is 3. The van der Waals surface area contributed by atoms with Crippen LogP contribution < -0.4 is 0 Å². The SMILES string of the molecule is CCCCCCCCCCC(=O)OC[C@H](COP(=O)(O)OC[C@H](O)COP(=O)(O)OC[C@@H](COC(=O)CCCCCCCCCCCC(C)C)OC(=O)CCCCCCCCCCCCCCCCCCCCC(C)CC)OC(=O)CCCCCCCCCCC(C)C. The Labute approximate surface area is 568 Å². The molecule has 0 aliphatic rings. The summed E-state index contributed by atoms with van der Waals surface area (Å²) in [5.74, 6) is 0.207. The Balaban J connectivity index is 5.15. The highest BCUT2D eigenvalue weighted by molar-refractivity contribution is 7.47. The normalized spacial score (nSPS) is 14.4. The van der Waals surface area contributed by atoms with Gasteiger partial charge in [-0.2, -0.15) is 0 Å². The Morgan fingerprint density at radius 3 is 0.817 bits per heavy atom. The van der Waals surface area contributed by atoms with E-state index >= 15 is 0 Å². The molecule has 0 aliphatic carbocycles. The lowest BCUT2D eigenvalue weighted by Gasteiger charge is -2.21. The van der Waals surface area contributed by atoms with Gasteiger partial charge in [0.2, 0.25) is 0 Å². The van der Waals surface area contributed by atoms with Crippen molar-refractivity contribution in [3.8, 4) is 0 Å². The van der Waals surface area contributed by atoms with Gasteiger partial charge in [-0.05, 0) is 43.4 Å². The predicted molar refractivity (Wildman–Crippen MR) is 377 cm³/mol. The van der Waals surface area contributed by atoms with Crippen molar-refractivity contribution in [3.63, 3.8) is 0 Å². The van der Waals surface area contributed by atoms with Gasteiger partial charge in [-0.15, -0.1) is 0 Å². The predicted octanol–water partition coefficient (Wildman–Crippen LogP) is 21.4. The van der Waals surface area contributed by atoms with Gasteiger partial charge in [0.05, 0.1) is 26.4 Å². The number of esters is 4. The van der Waals surface area contributed by atoms with Gasteiger partial charge in [-0.3, -0.25) is 37.3 Å². The van der Waals surface area contributed by atoms with Crippen LogP contribution in [0.3, 0.4) is 0 Å². The van der Waals surface area contributed by atoms with Crippen LogP contribution >= 0.6 is 15.6 Å². The van der Waals surface area contributed by atoms with Crippen LogP contribution in [0.1, 0.15) is 376 Å². The summed E-state index contributed by atoms with van der Waals surface area (Å²) in [6, 6.07) is 0. The number of unbranched alkanes of at least 4 members (excludes halogenated alkanes) is 39. The van der Waals surface area contributed by atoms with Crippen LogP contribution in [0, 0.1) is 17.8 Å². The molecular weight excluding hydrogens is 1220 g/mol. The number of rotatable bonds is 72. The summed E-state index contributed by atoms with van der Waals surface area (Å²) < 4.78 is 68.3. The van der Waals surface area contributed by atoms with E-state index in [0.29, 0.717) is 25.7 Å². The largest absolute Gasteiger partial charge is 0.472 e. The van der Waals surface area contributed by atoms with Crippen molar-refractivity contribution in [2.24, 2.45) is 17.8 Å². The van der Waals surface area contributed by atoms with E-state index in [0.717, 1.165) is 114 Å². The number of phosphoric acid groups is 2. The molecule has 552 valence electrons. The average molecular weight is 1370 g/mol. The molecule has 19 heteroatoms. The standard InChI is InChI=1S/C74H144O17P2/c1-8-10-11-12-13-34-41-48-55-71(76)84-61-69(91-74(79)58-51-44-37-30-29-32-39-46-53-66(5)6)63-88-92(80,81)86-59-68(75)60-87-93(82,83)89-64-70(62-85-72(77)56-49-42-35-28-24-25-31-38-45-52-65(3)4)90-73(78)57-50-43-36-27-23-21-19-17-15-14-16-18-20-22-26-33-40-47-54-67(7)9-2/h65-70,75H,8-64H2,1-7H3,(H,80,81)(H,82,83)/t67?,68-,69+,70+/m0/s1. The second-order valence-electron chi connectivity index (χ2n) is 27.9. The van der Waals surface area contributed by atoms with Gasteiger partial charge in [0.25, 0.3) is 0 Å². The first-order valence-electron chi connectivity index (χ1n) is 38.4. The van der Waals surface area contributed by atoms with E-state index in [1.165, 1.54) is 180 Å². The van der Waals surface area contributed by atoms with Gasteiger partial charge < -0.3 is 33.8 Å². The van der Waals surface area contributed by atoms with Gasteiger partial charge in [0.1, 0.15) is 19.3 Å². The summed E-state index contributed by atoms with van der Waals surface area (Å²) in [4.78, 5) is 72.6. The molecular formula is C74H144O17P2. The van der Waals surface area contributed by atoms with Crippen LogP contribution in [0.15, 0.2) is 0 Å². The minimum absolute atomic E-state index is 0.104. The maximum atomic E-state index is 13.1.